The molecule has 0 fully saturated rings. The van der Waals surface area contributed by atoms with Gasteiger partial charge in [-0.25, -0.2) is 4.39 Å². The third-order valence-electron chi connectivity index (χ3n) is 0.269. The van der Waals surface area contributed by atoms with Gasteiger partial charge in [0.25, 0.3) is 0 Å². The molecular weight excluding hydrogens is 81.0 g/mol. The summed E-state index contributed by atoms with van der Waals surface area (Å²) >= 11 is 0. The van der Waals surface area contributed by atoms with Crippen LogP contribution in [0.3, 0.4) is 0 Å². The van der Waals surface area contributed by atoms with Crippen LogP contribution in [0, 0.1) is 0 Å². The number of hydrogen-bond acceptors (Lipinski definition) is 1. The SMILES string of the molecule is C=C(F)C=NC. The molecule has 0 atom stereocenters. The van der Waals surface area contributed by atoms with Gasteiger partial charge in [0.2, 0.25) is 0 Å². The summed E-state index contributed by atoms with van der Waals surface area (Å²) in [5.74, 6) is -0.502. The first-order valence-corrected chi connectivity index (χ1v) is 1.54. The molecule has 0 aromatic heterocycles. The number of allylic oxidation sites excluding steroid dienone is 1. The maximum Gasteiger partial charge on any atom is 0.133 e. The van der Waals surface area contributed by atoms with Crippen molar-refractivity contribution in [3.63, 3.8) is 0 Å². The molecule has 1 nitrogen and oxygen atoms in total. The molecule has 2 heteroatoms. The molecule has 6 heavy (non-hydrogen) atoms. The zero-order chi connectivity index (χ0) is 4.99. The number of rotatable bonds is 1. The molecule has 0 N–H and O–H groups in total. The molecule has 0 saturated carbocycles. The molecule has 0 saturated heterocycles. The van der Waals surface area contributed by atoms with Gasteiger partial charge in [-0.15, -0.1) is 0 Å². The Morgan fingerprint density at radius 1 is 2.00 bits per heavy atom. The van der Waals surface area contributed by atoms with Crippen LogP contribution < -0.4 is 0 Å². The second-order valence-electron chi connectivity index (χ2n) is 0.834. The third kappa shape index (κ3) is 3.34. The number of halogens is 1. The van der Waals surface area contributed by atoms with Gasteiger partial charge in [-0.1, -0.05) is 6.58 Å². The number of aliphatic imine (C=N–C) groups is 1. The molecule has 0 aromatic rings. The minimum atomic E-state index is -0.502. The summed E-state index contributed by atoms with van der Waals surface area (Å²) in [6.07, 6.45) is 1.06. The van der Waals surface area contributed by atoms with Crippen LogP contribution in [0.4, 0.5) is 4.39 Å². The van der Waals surface area contributed by atoms with Gasteiger partial charge in [0.1, 0.15) is 5.83 Å². The lowest BCUT2D eigenvalue weighted by Gasteiger charge is -1.70. The van der Waals surface area contributed by atoms with Crippen molar-refractivity contribution in [2.45, 2.75) is 0 Å². The fourth-order valence-electron chi connectivity index (χ4n) is 0.140. The van der Waals surface area contributed by atoms with Gasteiger partial charge in [-0.05, 0) is 0 Å². The van der Waals surface area contributed by atoms with Crippen LogP contribution in [0.1, 0.15) is 0 Å². The third-order valence-corrected chi connectivity index (χ3v) is 0.269. The molecule has 0 bridgehead atoms. The minimum Gasteiger partial charge on any atom is -0.293 e. The van der Waals surface area contributed by atoms with Crippen molar-refractivity contribution >= 4 is 6.21 Å². The zero-order valence-corrected chi connectivity index (χ0v) is 3.61. The summed E-state index contributed by atoms with van der Waals surface area (Å²) in [6.45, 7) is 2.93. The summed E-state index contributed by atoms with van der Waals surface area (Å²) in [4.78, 5) is 3.34. The lowest BCUT2D eigenvalue weighted by atomic mass is 10.7. The molecule has 0 aliphatic rings. The zero-order valence-electron chi connectivity index (χ0n) is 3.61. The first-order chi connectivity index (χ1) is 2.77. The van der Waals surface area contributed by atoms with Crippen LogP contribution in [0.5, 0.6) is 0 Å². The molecule has 34 valence electrons. The summed E-state index contributed by atoms with van der Waals surface area (Å²) in [6, 6.07) is 0. The van der Waals surface area contributed by atoms with E-state index in [0.29, 0.717) is 0 Å². The maximum absolute atomic E-state index is 11.4. The van der Waals surface area contributed by atoms with E-state index in [1.54, 1.807) is 0 Å². The van der Waals surface area contributed by atoms with E-state index < -0.39 is 5.83 Å². The molecule has 0 aliphatic carbocycles. The van der Waals surface area contributed by atoms with E-state index >= 15 is 0 Å². The highest BCUT2D eigenvalue weighted by molar-refractivity contribution is 5.74. The summed E-state index contributed by atoms with van der Waals surface area (Å²) in [7, 11) is 1.49. The number of hydrogen-bond donors (Lipinski definition) is 0. The molecule has 0 aliphatic heterocycles. The topological polar surface area (TPSA) is 12.4 Å². The van der Waals surface area contributed by atoms with Gasteiger partial charge in [-0.2, -0.15) is 0 Å². The fraction of sp³-hybridized carbons (Fsp3) is 0.250. The van der Waals surface area contributed by atoms with Crippen LogP contribution in [0.25, 0.3) is 0 Å². The van der Waals surface area contributed by atoms with E-state index in [1.807, 2.05) is 0 Å². The van der Waals surface area contributed by atoms with Gasteiger partial charge in [0, 0.05) is 7.05 Å². The lowest BCUT2D eigenvalue weighted by Crippen LogP contribution is -1.66. The quantitative estimate of drug-likeness (QED) is 0.426. The van der Waals surface area contributed by atoms with Crippen LogP contribution in [-0.4, -0.2) is 13.3 Å². The normalized spacial score (nSPS) is 9.67. The Bertz CT molecular complexity index is 75.6. The second kappa shape index (κ2) is 2.57. The molecule has 0 rings (SSSR count). The van der Waals surface area contributed by atoms with Crippen molar-refractivity contribution in [2.75, 3.05) is 7.05 Å². The monoisotopic (exact) mass is 87.0 g/mol. The maximum atomic E-state index is 11.4. The van der Waals surface area contributed by atoms with Crippen molar-refractivity contribution in [3.05, 3.63) is 12.4 Å². The van der Waals surface area contributed by atoms with E-state index in [1.165, 1.54) is 7.05 Å². The smallest absolute Gasteiger partial charge is 0.133 e. The first-order valence-electron chi connectivity index (χ1n) is 1.54. The van der Waals surface area contributed by atoms with Crippen LogP contribution >= 0.6 is 0 Å². The molecule has 0 unspecified atom stereocenters. The van der Waals surface area contributed by atoms with E-state index in [2.05, 4.69) is 11.6 Å². The van der Waals surface area contributed by atoms with Crippen molar-refractivity contribution in [3.8, 4) is 0 Å². The van der Waals surface area contributed by atoms with Gasteiger partial charge >= 0.3 is 0 Å². The highest BCUT2D eigenvalue weighted by atomic mass is 19.1. The molecular formula is C4H6FN. The molecule has 0 radical (unpaired) electrons. The Balaban J connectivity index is 3.30. The van der Waals surface area contributed by atoms with Crippen molar-refractivity contribution in [1.82, 2.24) is 0 Å². The van der Waals surface area contributed by atoms with E-state index in [-0.39, 0.29) is 0 Å². The lowest BCUT2D eigenvalue weighted by molar-refractivity contribution is 0.690. The molecule has 0 heterocycles. The van der Waals surface area contributed by atoms with Crippen molar-refractivity contribution in [2.24, 2.45) is 4.99 Å². The highest BCUT2D eigenvalue weighted by Gasteiger charge is 1.71. The Morgan fingerprint density at radius 2 is 2.50 bits per heavy atom. The summed E-state index contributed by atoms with van der Waals surface area (Å²) in [5.41, 5.74) is 0. The predicted octanol–water partition coefficient (Wildman–Crippen LogP) is 1.17. The Kier molecular flexibility index (Phi) is 2.29. The van der Waals surface area contributed by atoms with Gasteiger partial charge in [-0.3, -0.25) is 4.99 Å². The standard InChI is InChI=1S/C4H6FN/c1-4(5)3-6-2/h3H,1H2,2H3. The molecule has 0 aromatic carbocycles. The number of nitrogens with zero attached hydrogens (tertiary/aromatic N) is 1. The van der Waals surface area contributed by atoms with E-state index in [9.17, 15) is 4.39 Å². The van der Waals surface area contributed by atoms with Crippen LogP contribution in [0.15, 0.2) is 17.4 Å². The second-order valence-corrected chi connectivity index (χ2v) is 0.834. The van der Waals surface area contributed by atoms with Gasteiger partial charge in [0.15, 0.2) is 0 Å². The molecule has 0 amide bonds. The summed E-state index contributed by atoms with van der Waals surface area (Å²) < 4.78 is 11.4. The average molecular weight is 87.1 g/mol. The first kappa shape index (κ1) is 5.34. The Morgan fingerprint density at radius 3 is 2.50 bits per heavy atom. The largest absolute Gasteiger partial charge is 0.293 e. The Hall–Kier alpha value is -0.660. The summed E-state index contributed by atoms with van der Waals surface area (Å²) in [5, 5.41) is 0. The van der Waals surface area contributed by atoms with E-state index in [0.717, 1.165) is 6.21 Å². The van der Waals surface area contributed by atoms with Crippen molar-refractivity contribution < 1.29 is 4.39 Å². The van der Waals surface area contributed by atoms with Gasteiger partial charge < -0.3 is 0 Å². The predicted molar refractivity (Wildman–Crippen MR) is 24.7 cm³/mol. The van der Waals surface area contributed by atoms with E-state index in [4.69, 9.17) is 0 Å². The van der Waals surface area contributed by atoms with Crippen LogP contribution in [0.2, 0.25) is 0 Å². The van der Waals surface area contributed by atoms with Crippen molar-refractivity contribution in [1.29, 1.82) is 0 Å². The average Bonchev–Trinajstić information content (AvgIpc) is 1.35. The molecule has 0 spiro atoms. The van der Waals surface area contributed by atoms with Crippen LogP contribution in [-0.2, 0) is 0 Å². The fourth-order valence-corrected chi connectivity index (χ4v) is 0.140. The highest BCUT2D eigenvalue weighted by Crippen LogP contribution is 1.80. The van der Waals surface area contributed by atoms with Gasteiger partial charge in [0.05, 0.1) is 6.21 Å². The Labute approximate surface area is 36.2 Å². The minimum absolute atomic E-state index is 0.502.